The van der Waals surface area contributed by atoms with E-state index >= 15 is 0 Å². The Labute approximate surface area is 179 Å². The number of benzene rings is 1. The number of methoxy groups -OCH3 is 2. The number of ether oxygens (including phenoxy) is 2. The van der Waals surface area contributed by atoms with Gasteiger partial charge in [-0.05, 0) is 24.5 Å². The first kappa shape index (κ1) is 23.4. The second kappa shape index (κ2) is 12.7. The van der Waals surface area contributed by atoms with E-state index in [0.29, 0.717) is 11.8 Å². The lowest BCUT2D eigenvalue weighted by Gasteiger charge is -2.23. The summed E-state index contributed by atoms with van der Waals surface area (Å²) in [4.78, 5) is 7.98. The van der Waals surface area contributed by atoms with Crippen LogP contribution in [0.15, 0.2) is 34.2 Å². The molecule has 1 fully saturated rings. The molecule has 2 rings (SSSR count). The summed E-state index contributed by atoms with van der Waals surface area (Å²) in [5.41, 5.74) is 0. The van der Waals surface area contributed by atoms with E-state index in [2.05, 4.69) is 34.3 Å². The molecule has 0 aromatic heterocycles. The van der Waals surface area contributed by atoms with Gasteiger partial charge in [-0.1, -0.05) is 19.1 Å². The second-order valence-corrected chi connectivity index (χ2v) is 7.61. The van der Waals surface area contributed by atoms with Crippen molar-refractivity contribution in [3.63, 3.8) is 0 Å². The van der Waals surface area contributed by atoms with Crippen LogP contribution in [0.3, 0.4) is 0 Å². The molecule has 1 aromatic rings. The SMILES string of the molecule is CN=C(NCC(C)CSc1ccccc1OC)N1CCC(COC)C1.I. The number of guanidine groups is 1. The third-order valence-corrected chi connectivity index (χ3v) is 5.78. The molecule has 1 heterocycles. The van der Waals surface area contributed by atoms with Crippen molar-refractivity contribution < 1.29 is 9.47 Å². The molecule has 0 radical (unpaired) electrons. The maximum Gasteiger partial charge on any atom is 0.193 e. The topological polar surface area (TPSA) is 46.1 Å². The first-order valence-electron chi connectivity index (χ1n) is 8.88. The minimum Gasteiger partial charge on any atom is -0.496 e. The molecule has 1 aliphatic heterocycles. The zero-order valence-electron chi connectivity index (χ0n) is 16.2. The maximum atomic E-state index is 5.42. The van der Waals surface area contributed by atoms with Crippen LogP contribution >= 0.6 is 35.7 Å². The Hall–Kier alpha value is -0.670. The molecule has 1 N–H and O–H groups in total. The maximum absolute atomic E-state index is 5.42. The van der Waals surface area contributed by atoms with Gasteiger partial charge >= 0.3 is 0 Å². The summed E-state index contributed by atoms with van der Waals surface area (Å²) in [6, 6.07) is 8.18. The van der Waals surface area contributed by atoms with Gasteiger partial charge < -0.3 is 19.7 Å². The van der Waals surface area contributed by atoms with Crippen LogP contribution in [-0.2, 0) is 4.74 Å². The number of rotatable bonds is 8. The Bertz CT molecular complexity index is 559. The zero-order valence-corrected chi connectivity index (χ0v) is 19.4. The summed E-state index contributed by atoms with van der Waals surface area (Å²) in [6.45, 7) is 6.09. The van der Waals surface area contributed by atoms with Gasteiger partial charge in [-0.25, -0.2) is 0 Å². The summed E-state index contributed by atoms with van der Waals surface area (Å²) in [6.07, 6.45) is 1.17. The fourth-order valence-corrected chi connectivity index (χ4v) is 4.07. The number of nitrogens with one attached hydrogen (secondary N) is 1. The van der Waals surface area contributed by atoms with E-state index in [1.807, 2.05) is 30.9 Å². The predicted molar refractivity (Wildman–Crippen MR) is 121 cm³/mol. The molecule has 2 unspecified atom stereocenters. The van der Waals surface area contributed by atoms with Gasteiger partial charge in [-0.3, -0.25) is 4.99 Å². The molecule has 1 aromatic carbocycles. The fourth-order valence-electron chi connectivity index (χ4n) is 3.02. The summed E-state index contributed by atoms with van der Waals surface area (Å²) < 4.78 is 10.7. The molecule has 1 saturated heterocycles. The van der Waals surface area contributed by atoms with Crippen LogP contribution in [0.4, 0.5) is 0 Å². The summed E-state index contributed by atoms with van der Waals surface area (Å²) in [5, 5.41) is 3.53. The Morgan fingerprint density at radius 2 is 2.15 bits per heavy atom. The van der Waals surface area contributed by atoms with Crippen LogP contribution in [0.5, 0.6) is 5.75 Å². The lowest BCUT2D eigenvalue weighted by molar-refractivity contribution is 0.157. The second-order valence-electron chi connectivity index (χ2n) is 6.55. The van der Waals surface area contributed by atoms with Crippen molar-refractivity contribution in [1.29, 1.82) is 0 Å². The van der Waals surface area contributed by atoms with Crippen molar-refractivity contribution in [2.24, 2.45) is 16.8 Å². The van der Waals surface area contributed by atoms with Crippen molar-refractivity contribution in [3.05, 3.63) is 24.3 Å². The molecule has 0 aliphatic carbocycles. The Morgan fingerprint density at radius 3 is 2.85 bits per heavy atom. The van der Waals surface area contributed by atoms with Crippen LogP contribution < -0.4 is 10.1 Å². The molecule has 2 atom stereocenters. The van der Waals surface area contributed by atoms with Gasteiger partial charge in [0.15, 0.2) is 5.96 Å². The van der Waals surface area contributed by atoms with E-state index in [1.165, 1.54) is 11.3 Å². The van der Waals surface area contributed by atoms with Gasteiger partial charge in [0.25, 0.3) is 0 Å². The third-order valence-electron chi connectivity index (χ3n) is 4.40. The fraction of sp³-hybridized carbons (Fsp3) is 0.632. The minimum atomic E-state index is 0. The highest BCUT2D eigenvalue weighted by Gasteiger charge is 2.24. The van der Waals surface area contributed by atoms with Crippen molar-refractivity contribution in [1.82, 2.24) is 10.2 Å². The molecule has 0 saturated carbocycles. The molecule has 7 heteroatoms. The van der Waals surface area contributed by atoms with Crippen molar-refractivity contribution >= 4 is 41.7 Å². The number of thioether (sulfide) groups is 1. The molecule has 1 aliphatic rings. The predicted octanol–water partition coefficient (Wildman–Crippen LogP) is 3.59. The number of aliphatic imine (C=N–C) groups is 1. The first-order chi connectivity index (χ1) is 12.2. The zero-order chi connectivity index (χ0) is 18.1. The van der Waals surface area contributed by atoms with Gasteiger partial charge in [0.1, 0.15) is 5.75 Å². The summed E-state index contributed by atoms with van der Waals surface area (Å²) >= 11 is 1.84. The molecule has 0 amide bonds. The molecule has 0 spiro atoms. The molecule has 148 valence electrons. The van der Waals surface area contributed by atoms with Crippen LogP contribution in [0.1, 0.15) is 13.3 Å². The third kappa shape index (κ3) is 7.15. The lowest BCUT2D eigenvalue weighted by Crippen LogP contribution is -2.42. The van der Waals surface area contributed by atoms with Crippen LogP contribution in [0.2, 0.25) is 0 Å². The highest BCUT2D eigenvalue weighted by atomic mass is 127. The smallest absolute Gasteiger partial charge is 0.193 e. The van der Waals surface area contributed by atoms with E-state index in [9.17, 15) is 0 Å². The monoisotopic (exact) mass is 493 g/mol. The minimum absolute atomic E-state index is 0. The van der Waals surface area contributed by atoms with E-state index in [0.717, 1.165) is 43.7 Å². The number of para-hydroxylation sites is 1. The standard InChI is InChI=1S/C19H31N3O2S.HI/c1-15(14-25-18-8-6-5-7-17(18)24-4)11-21-19(20-2)22-10-9-16(12-22)13-23-3;/h5-8,15-16H,9-14H2,1-4H3,(H,20,21);1H. The number of halogens is 1. The molecular weight excluding hydrogens is 461 g/mol. The Kier molecular flexibility index (Phi) is 11.4. The Balaban J connectivity index is 0.00000338. The summed E-state index contributed by atoms with van der Waals surface area (Å²) in [5.74, 6) is 4.14. The number of hydrogen-bond acceptors (Lipinski definition) is 4. The number of hydrogen-bond donors (Lipinski definition) is 1. The van der Waals surface area contributed by atoms with E-state index in [4.69, 9.17) is 9.47 Å². The van der Waals surface area contributed by atoms with Gasteiger partial charge in [0.2, 0.25) is 0 Å². The van der Waals surface area contributed by atoms with Gasteiger partial charge in [0, 0.05) is 50.4 Å². The van der Waals surface area contributed by atoms with Crippen LogP contribution in [0, 0.1) is 11.8 Å². The van der Waals surface area contributed by atoms with Gasteiger partial charge in [-0.2, -0.15) is 0 Å². The van der Waals surface area contributed by atoms with Gasteiger partial charge in [0.05, 0.1) is 13.7 Å². The highest BCUT2D eigenvalue weighted by molar-refractivity contribution is 14.0. The van der Waals surface area contributed by atoms with Crippen LogP contribution in [0.25, 0.3) is 0 Å². The average molecular weight is 493 g/mol. The molecule has 26 heavy (non-hydrogen) atoms. The van der Waals surface area contributed by atoms with E-state index < -0.39 is 0 Å². The molecule has 5 nitrogen and oxygen atoms in total. The molecular formula is C19H32IN3O2S. The average Bonchev–Trinajstić information content (AvgIpc) is 3.09. The normalized spacial score (nSPS) is 18.4. The summed E-state index contributed by atoms with van der Waals surface area (Å²) in [7, 11) is 5.36. The van der Waals surface area contributed by atoms with Gasteiger partial charge in [-0.15, -0.1) is 35.7 Å². The first-order valence-corrected chi connectivity index (χ1v) is 9.86. The number of nitrogens with zero attached hydrogens (tertiary/aromatic N) is 2. The number of likely N-dealkylation sites (tertiary alicyclic amines) is 1. The highest BCUT2D eigenvalue weighted by Crippen LogP contribution is 2.29. The van der Waals surface area contributed by atoms with E-state index in [1.54, 1.807) is 14.2 Å². The van der Waals surface area contributed by atoms with E-state index in [-0.39, 0.29) is 24.0 Å². The Morgan fingerprint density at radius 1 is 1.38 bits per heavy atom. The van der Waals surface area contributed by atoms with Crippen molar-refractivity contribution in [2.75, 3.05) is 53.3 Å². The van der Waals surface area contributed by atoms with Crippen molar-refractivity contribution in [2.45, 2.75) is 18.2 Å². The largest absolute Gasteiger partial charge is 0.496 e. The lowest BCUT2D eigenvalue weighted by atomic mass is 10.1. The van der Waals surface area contributed by atoms with Crippen LogP contribution in [-0.4, -0.2) is 64.1 Å². The van der Waals surface area contributed by atoms with Crippen molar-refractivity contribution in [3.8, 4) is 5.75 Å². The molecule has 0 bridgehead atoms. The quantitative estimate of drug-likeness (QED) is 0.260.